The molecule has 1 aromatic carbocycles. The topological polar surface area (TPSA) is 88.9 Å². The Balaban J connectivity index is 1.92. The van der Waals surface area contributed by atoms with Crippen molar-refractivity contribution in [2.24, 2.45) is 15.6 Å². The molecule has 0 saturated heterocycles. The molecule has 1 aliphatic rings. The molecule has 7 nitrogen and oxygen atoms in total. The predicted molar refractivity (Wildman–Crippen MR) is 101 cm³/mol. The number of rotatable bonds is 4. The lowest BCUT2D eigenvalue weighted by atomic mass is 9.75. The maximum Gasteiger partial charge on any atom is 0.264 e. The summed E-state index contributed by atoms with van der Waals surface area (Å²) >= 11 is 0. The third kappa shape index (κ3) is 3.82. The Morgan fingerprint density at radius 1 is 1.15 bits per heavy atom. The van der Waals surface area contributed by atoms with E-state index in [1.165, 1.54) is 0 Å². The highest BCUT2D eigenvalue weighted by atomic mass is 16.5. The number of fused-ring (bicyclic) bond motifs is 1. The molecule has 2 aromatic rings. The fraction of sp³-hybridized carbons (Fsp3) is 0.368. The lowest BCUT2D eigenvalue weighted by Gasteiger charge is -2.30. The Morgan fingerprint density at radius 2 is 1.92 bits per heavy atom. The van der Waals surface area contributed by atoms with Gasteiger partial charge in [0.1, 0.15) is 0 Å². The summed E-state index contributed by atoms with van der Waals surface area (Å²) in [6.07, 6.45) is 3.17. The second-order valence-electron chi connectivity index (χ2n) is 7.02. The summed E-state index contributed by atoms with van der Waals surface area (Å²) in [6.45, 7) is 4.30. The third-order valence-electron chi connectivity index (χ3n) is 4.28. The minimum absolute atomic E-state index is 0.00985. The van der Waals surface area contributed by atoms with Crippen molar-refractivity contribution >= 4 is 11.9 Å². The summed E-state index contributed by atoms with van der Waals surface area (Å²) in [6, 6.07) is 7.06. The van der Waals surface area contributed by atoms with Crippen molar-refractivity contribution < 1.29 is 9.47 Å². The highest BCUT2D eigenvalue weighted by Crippen LogP contribution is 2.33. The maximum absolute atomic E-state index is 11.6. The van der Waals surface area contributed by atoms with Gasteiger partial charge in [0, 0.05) is 11.6 Å². The summed E-state index contributed by atoms with van der Waals surface area (Å²) in [5.41, 5.74) is 3.01. The van der Waals surface area contributed by atoms with Crippen molar-refractivity contribution in [3.63, 3.8) is 0 Å². The number of nitrogens with one attached hydrogen (secondary N) is 1. The molecule has 0 fully saturated rings. The Morgan fingerprint density at radius 3 is 2.65 bits per heavy atom. The van der Waals surface area contributed by atoms with Crippen molar-refractivity contribution in [3.05, 3.63) is 51.4 Å². The van der Waals surface area contributed by atoms with Crippen molar-refractivity contribution in [2.45, 2.75) is 26.7 Å². The van der Waals surface area contributed by atoms with Gasteiger partial charge in [-0.25, -0.2) is 5.10 Å². The van der Waals surface area contributed by atoms with Crippen molar-refractivity contribution in [2.75, 3.05) is 14.2 Å². The van der Waals surface area contributed by atoms with Gasteiger partial charge in [-0.2, -0.15) is 15.3 Å². The van der Waals surface area contributed by atoms with Gasteiger partial charge in [-0.05, 0) is 42.0 Å². The van der Waals surface area contributed by atoms with Gasteiger partial charge in [0.25, 0.3) is 5.56 Å². The molecule has 1 N–H and O–H groups in total. The molecule has 3 rings (SSSR count). The van der Waals surface area contributed by atoms with Gasteiger partial charge in [-0.3, -0.25) is 4.79 Å². The third-order valence-corrected chi connectivity index (χ3v) is 4.28. The lowest BCUT2D eigenvalue weighted by Crippen LogP contribution is -2.30. The minimum atomic E-state index is -0.236. The zero-order valence-corrected chi connectivity index (χ0v) is 15.4. The van der Waals surface area contributed by atoms with Crippen LogP contribution in [0, 0.1) is 5.41 Å². The Labute approximate surface area is 151 Å². The van der Waals surface area contributed by atoms with Crippen molar-refractivity contribution in [1.29, 1.82) is 0 Å². The fourth-order valence-electron chi connectivity index (χ4n) is 3.07. The number of hydrogen-bond donors (Lipinski definition) is 1. The molecule has 0 spiro atoms. The van der Waals surface area contributed by atoms with E-state index in [0.29, 0.717) is 11.5 Å². The summed E-state index contributed by atoms with van der Waals surface area (Å²) < 4.78 is 10.5. The summed E-state index contributed by atoms with van der Waals surface area (Å²) in [5.74, 6) is 1.29. The average Bonchev–Trinajstić information content (AvgIpc) is 2.61. The second kappa shape index (κ2) is 7.11. The largest absolute Gasteiger partial charge is 0.493 e. The van der Waals surface area contributed by atoms with E-state index in [-0.39, 0.29) is 11.0 Å². The van der Waals surface area contributed by atoms with E-state index in [1.807, 2.05) is 18.2 Å². The van der Waals surface area contributed by atoms with E-state index >= 15 is 0 Å². The van der Waals surface area contributed by atoms with Crippen molar-refractivity contribution in [1.82, 2.24) is 10.2 Å². The van der Waals surface area contributed by atoms with Gasteiger partial charge >= 0.3 is 0 Å². The average molecular weight is 354 g/mol. The van der Waals surface area contributed by atoms with Gasteiger partial charge in [0.05, 0.1) is 31.8 Å². The molecule has 26 heavy (non-hydrogen) atoms. The van der Waals surface area contributed by atoms with Crippen LogP contribution in [0.2, 0.25) is 0 Å². The van der Waals surface area contributed by atoms with Gasteiger partial charge in [0.15, 0.2) is 11.5 Å². The molecule has 0 aliphatic heterocycles. The van der Waals surface area contributed by atoms with E-state index in [2.05, 4.69) is 34.2 Å². The maximum atomic E-state index is 11.6. The van der Waals surface area contributed by atoms with Crippen LogP contribution in [0.4, 0.5) is 0 Å². The number of aromatic nitrogens is 2. The smallest absolute Gasteiger partial charge is 0.264 e. The molecule has 136 valence electrons. The van der Waals surface area contributed by atoms with Crippen molar-refractivity contribution in [3.8, 4) is 11.5 Å². The van der Waals surface area contributed by atoms with Crippen LogP contribution in [-0.4, -0.2) is 36.3 Å². The molecular weight excluding hydrogens is 332 g/mol. The zero-order chi connectivity index (χ0) is 18.7. The number of hydrogen-bond acceptors (Lipinski definition) is 6. The first kappa shape index (κ1) is 17.8. The van der Waals surface area contributed by atoms with Crippen LogP contribution in [0.3, 0.4) is 0 Å². The van der Waals surface area contributed by atoms with Crippen LogP contribution in [0.15, 0.2) is 39.3 Å². The minimum Gasteiger partial charge on any atom is -0.493 e. The molecule has 0 saturated carbocycles. The molecule has 0 amide bonds. The van der Waals surface area contributed by atoms with Gasteiger partial charge in [-0.1, -0.05) is 13.8 Å². The van der Waals surface area contributed by atoms with Crippen LogP contribution in [0.1, 0.15) is 37.1 Å². The van der Waals surface area contributed by atoms with E-state index in [1.54, 1.807) is 26.5 Å². The van der Waals surface area contributed by atoms with Crippen LogP contribution in [-0.2, 0) is 6.42 Å². The highest BCUT2D eigenvalue weighted by Gasteiger charge is 2.31. The van der Waals surface area contributed by atoms with Crippen LogP contribution in [0.5, 0.6) is 11.5 Å². The van der Waals surface area contributed by atoms with Gasteiger partial charge in [0.2, 0.25) is 0 Å². The highest BCUT2D eigenvalue weighted by molar-refractivity contribution is 6.03. The van der Waals surface area contributed by atoms with E-state index in [9.17, 15) is 4.79 Å². The molecule has 0 bridgehead atoms. The Hall–Kier alpha value is -2.96. The SMILES string of the molecule is COc1ccc(/C=N\N=C2\CC(C)(C)Cc3n[nH]c(=O)cc32)cc1OC. The number of benzene rings is 1. The lowest BCUT2D eigenvalue weighted by molar-refractivity contribution is 0.355. The number of aromatic amines is 1. The Kier molecular flexibility index (Phi) is 4.88. The fourth-order valence-corrected chi connectivity index (χ4v) is 3.07. The summed E-state index contributed by atoms with van der Waals surface area (Å²) in [7, 11) is 3.18. The molecule has 0 radical (unpaired) electrons. The summed E-state index contributed by atoms with van der Waals surface area (Å²) in [4.78, 5) is 11.6. The number of nitrogens with zero attached hydrogens (tertiary/aromatic N) is 3. The normalized spacial score (nSPS) is 17.3. The van der Waals surface area contributed by atoms with Crippen LogP contribution in [0.25, 0.3) is 0 Å². The van der Waals surface area contributed by atoms with E-state index in [4.69, 9.17) is 9.47 Å². The second-order valence-corrected chi connectivity index (χ2v) is 7.02. The first-order valence-corrected chi connectivity index (χ1v) is 8.33. The molecule has 7 heteroatoms. The molecule has 1 heterocycles. The summed E-state index contributed by atoms with van der Waals surface area (Å²) in [5, 5.41) is 15.3. The van der Waals surface area contributed by atoms with Gasteiger partial charge < -0.3 is 9.47 Å². The zero-order valence-electron chi connectivity index (χ0n) is 15.4. The predicted octanol–water partition coefficient (Wildman–Crippen LogP) is 2.58. The molecule has 1 aliphatic carbocycles. The molecule has 0 atom stereocenters. The molecule has 0 unspecified atom stereocenters. The first-order chi connectivity index (χ1) is 12.4. The molecule has 1 aromatic heterocycles. The monoisotopic (exact) mass is 354 g/mol. The van der Waals surface area contributed by atoms with Crippen LogP contribution < -0.4 is 15.0 Å². The van der Waals surface area contributed by atoms with Gasteiger partial charge in [-0.15, -0.1) is 0 Å². The van der Waals surface area contributed by atoms with Crippen LogP contribution >= 0.6 is 0 Å². The molecular formula is C19H22N4O3. The Bertz CT molecular complexity index is 929. The number of methoxy groups -OCH3 is 2. The number of H-pyrrole nitrogens is 1. The first-order valence-electron chi connectivity index (χ1n) is 8.33. The quantitative estimate of drug-likeness (QED) is 0.675. The number of ether oxygens (including phenoxy) is 2. The van der Waals surface area contributed by atoms with E-state index in [0.717, 1.165) is 35.4 Å². The van der Waals surface area contributed by atoms with E-state index < -0.39 is 0 Å². The standard InChI is InChI=1S/C19H22N4O3/c1-19(2)9-14(13-8-18(24)23-22-15(13)10-19)21-20-11-12-5-6-16(25-3)17(7-12)26-4/h5-8,11H,9-10H2,1-4H3,(H,23,24)/b20-11-,21-14-.